The van der Waals surface area contributed by atoms with Gasteiger partial charge >= 0.3 is 0 Å². The highest BCUT2D eigenvalue weighted by atomic mass is 35.5. The van der Waals surface area contributed by atoms with Gasteiger partial charge in [-0.3, -0.25) is 14.4 Å². The molecule has 3 N–H and O–H groups in total. The minimum atomic E-state index is -0.543. The van der Waals surface area contributed by atoms with Crippen molar-refractivity contribution < 1.29 is 23.9 Å². The zero-order valence-electron chi connectivity index (χ0n) is 19.6. The van der Waals surface area contributed by atoms with Gasteiger partial charge in [-0.05, 0) is 56.4 Å². The molecule has 3 amide bonds. The van der Waals surface area contributed by atoms with Crippen LogP contribution in [0, 0.1) is 11.8 Å². The number of aliphatic hydroxyl groups is 1. The first-order valence-electron chi connectivity index (χ1n) is 12.1. The van der Waals surface area contributed by atoms with Gasteiger partial charge in [0.15, 0.2) is 0 Å². The lowest BCUT2D eigenvalue weighted by molar-refractivity contribution is -0.137. The van der Waals surface area contributed by atoms with E-state index in [-0.39, 0.29) is 29.4 Å². The summed E-state index contributed by atoms with van der Waals surface area (Å²) >= 11 is 5.87. The zero-order chi connectivity index (χ0) is 25.2. The molecule has 1 atom stereocenters. The predicted molar refractivity (Wildman–Crippen MR) is 135 cm³/mol. The van der Waals surface area contributed by atoms with Crippen LogP contribution >= 0.6 is 11.6 Å². The van der Waals surface area contributed by atoms with Crippen molar-refractivity contribution in [2.75, 3.05) is 23.7 Å². The van der Waals surface area contributed by atoms with Crippen molar-refractivity contribution in [3.63, 3.8) is 0 Å². The van der Waals surface area contributed by atoms with Crippen LogP contribution in [0.25, 0.3) is 11.0 Å². The van der Waals surface area contributed by atoms with E-state index in [1.54, 1.807) is 35.2 Å². The van der Waals surface area contributed by atoms with E-state index in [0.717, 1.165) is 0 Å². The number of hydrogen-bond donors (Lipinski definition) is 3. The first-order chi connectivity index (χ1) is 17.4. The molecule has 1 saturated carbocycles. The molecule has 36 heavy (non-hydrogen) atoms. The largest absolute Gasteiger partial charge is 0.449 e. The van der Waals surface area contributed by atoms with E-state index in [1.165, 1.54) is 6.20 Å². The summed E-state index contributed by atoms with van der Waals surface area (Å²) in [6, 6.07) is 10.3. The molecule has 9 nitrogen and oxygen atoms in total. The summed E-state index contributed by atoms with van der Waals surface area (Å²) in [6.45, 7) is 0.980. The Labute approximate surface area is 212 Å². The lowest BCUT2D eigenvalue weighted by atomic mass is 9.81. The van der Waals surface area contributed by atoms with Gasteiger partial charge in [0, 0.05) is 36.5 Å². The molecule has 1 saturated heterocycles. The maximum atomic E-state index is 13.2. The second kappa shape index (κ2) is 10.3. The topological polar surface area (TPSA) is 125 Å². The normalized spacial score (nSPS) is 21.9. The average Bonchev–Trinajstić information content (AvgIpc) is 3.49. The molecule has 10 heteroatoms. The Balaban J connectivity index is 1.28. The summed E-state index contributed by atoms with van der Waals surface area (Å²) < 4.78 is 5.81. The number of para-hydroxylation sites is 1. The van der Waals surface area contributed by atoms with Crippen LogP contribution in [-0.4, -0.2) is 51.9 Å². The number of aliphatic hydroxyl groups excluding tert-OH is 1. The lowest BCUT2D eigenvalue weighted by Crippen LogP contribution is -2.38. The van der Waals surface area contributed by atoms with Crippen LogP contribution in [0.1, 0.15) is 42.7 Å². The minimum Gasteiger partial charge on any atom is -0.449 e. The molecular formula is C26H27ClN4O5. The van der Waals surface area contributed by atoms with Gasteiger partial charge < -0.3 is 25.1 Å². The van der Waals surface area contributed by atoms with Gasteiger partial charge in [0.2, 0.25) is 17.6 Å². The summed E-state index contributed by atoms with van der Waals surface area (Å²) in [5.41, 5.74) is 0.787. The molecule has 0 bridgehead atoms. The molecule has 5 rings (SSSR count). The van der Waals surface area contributed by atoms with E-state index in [1.807, 2.05) is 6.07 Å². The summed E-state index contributed by atoms with van der Waals surface area (Å²) in [5, 5.41) is 16.4. The highest BCUT2D eigenvalue weighted by Crippen LogP contribution is 2.35. The number of furan rings is 1. The van der Waals surface area contributed by atoms with Gasteiger partial charge in [-0.1, -0.05) is 23.7 Å². The fourth-order valence-electron chi connectivity index (χ4n) is 4.98. The summed E-state index contributed by atoms with van der Waals surface area (Å²) in [5.74, 6) is -0.793. The fraction of sp³-hybridized carbons (Fsp3) is 0.385. The smallest absolute Gasteiger partial charge is 0.294 e. The SMILES string of the molecule is O=C(Nc1ccc(Cl)cn1)c1oc2ccccc2c1NC(=O)C1CCC(C(=O)N2CCC(O)C2)CC1. The van der Waals surface area contributed by atoms with E-state index in [9.17, 15) is 19.5 Å². The number of carbonyl (C=O) groups is 3. The highest BCUT2D eigenvalue weighted by Gasteiger charge is 2.35. The first-order valence-corrected chi connectivity index (χ1v) is 12.5. The van der Waals surface area contributed by atoms with Crippen LogP contribution in [0.5, 0.6) is 0 Å². The molecule has 1 aliphatic carbocycles. The van der Waals surface area contributed by atoms with Crippen LogP contribution in [0.3, 0.4) is 0 Å². The van der Waals surface area contributed by atoms with E-state index in [4.69, 9.17) is 16.0 Å². The van der Waals surface area contributed by atoms with Crippen molar-refractivity contribution in [3.8, 4) is 0 Å². The van der Waals surface area contributed by atoms with E-state index in [2.05, 4.69) is 15.6 Å². The number of nitrogens with zero attached hydrogens (tertiary/aromatic N) is 2. The number of benzene rings is 1. The van der Waals surface area contributed by atoms with Crippen LogP contribution in [0.15, 0.2) is 47.0 Å². The summed E-state index contributed by atoms with van der Waals surface area (Å²) in [6.07, 6.45) is 3.98. The molecule has 3 aromatic rings. The Morgan fingerprint density at radius 3 is 2.44 bits per heavy atom. The number of rotatable bonds is 5. The van der Waals surface area contributed by atoms with Crippen LogP contribution in [0.2, 0.25) is 5.02 Å². The average molecular weight is 511 g/mol. The van der Waals surface area contributed by atoms with Crippen LogP contribution in [0.4, 0.5) is 11.5 Å². The number of fused-ring (bicyclic) bond motifs is 1. The van der Waals surface area contributed by atoms with Gasteiger partial charge in [-0.15, -0.1) is 0 Å². The highest BCUT2D eigenvalue weighted by molar-refractivity contribution is 6.30. The molecular weight excluding hydrogens is 484 g/mol. The number of anilines is 2. The second-order valence-electron chi connectivity index (χ2n) is 9.38. The van der Waals surface area contributed by atoms with Crippen molar-refractivity contribution in [1.82, 2.24) is 9.88 Å². The second-order valence-corrected chi connectivity index (χ2v) is 9.82. The van der Waals surface area contributed by atoms with Crippen molar-refractivity contribution in [2.45, 2.75) is 38.2 Å². The molecule has 0 spiro atoms. The Morgan fingerprint density at radius 1 is 1.00 bits per heavy atom. The zero-order valence-corrected chi connectivity index (χ0v) is 20.3. The number of amides is 3. The summed E-state index contributed by atoms with van der Waals surface area (Å²) in [4.78, 5) is 44.8. The van der Waals surface area contributed by atoms with Gasteiger partial charge in [0.1, 0.15) is 17.1 Å². The molecule has 188 valence electrons. The molecule has 1 aliphatic heterocycles. The number of carbonyl (C=O) groups excluding carboxylic acids is 3. The molecule has 0 radical (unpaired) electrons. The predicted octanol–water partition coefficient (Wildman–Crippen LogP) is 4.07. The van der Waals surface area contributed by atoms with E-state index >= 15 is 0 Å². The monoisotopic (exact) mass is 510 g/mol. The van der Waals surface area contributed by atoms with Crippen LogP contribution < -0.4 is 10.6 Å². The Morgan fingerprint density at radius 2 is 1.75 bits per heavy atom. The number of hydrogen-bond acceptors (Lipinski definition) is 6. The molecule has 2 fully saturated rings. The van der Waals surface area contributed by atoms with Gasteiger partial charge in [-0.25, -0.2) is 4.98 Å². The van der Waals surface area contributed by atoms with Crippen molar-refractivity contribution in [2.24, 2.45) is 11.8 Å². The quantitative estimate of drug-likeness (QED) is 0.475. The number of likely N-dealkylation sites (tertiary alicyclic amines) is 1. The maximum absolute atomic E-state index is 13.2. The standard InChI is InChI=1S/C26H27ClN4O5/c27-17-9-10-21(28-13-17)29-25(34)23-22(19-3-1-2-4-20(19)36-23)30-24(33)15-5-7-16(8-6-15)26(35)31-12-11-18(32)14-31/h1-4,9-10,13,15-16,18,32H,5-8,11-12,14H2,(H,30,33)(H,28,29,34). The number of pyridine rings is 1. The number of β-amino-alcohol motifs (C(OH)–C–C–N with tert-alkyl or cyclic N) is 1. The van der Waals surface area contributed by atoms with Crippen molar-refractivity contribution in [3.05, 3.63) is 53.4 Å². The molecule has 1 aromatic carbocycles. The lowest BCUT2D eigenvalue weighted by Gasteiger charge is -2.29. The van der Waals surface area contributed by atoms with Crippen LogP contribution in [-0.2, 0) is 9.59 Å². The maximum Gasteiger partial charge on any atom is 0.294 e. The van der Waals surface area contributed by atoms with E-state index in [0.29, 0.717) is 72.7 Å². The van der Waals surface area contributed by atoms with Crippen molar-refractivity contribution >= 4 is 51.8 Å². The van der Waals surface area contributed by atoms with Crippen molar-refractivity contribution in [1.29, 1.82) is 0 Å². The Hall–Kier alpha value is -3.43. The molecule has 2 aliphatic rings. The molecule has 1 unspecified atom stereocenters. The summed E-state index contributed by atoms with van der Waals surface area (Å²) in [7, 11) is 0. The van der Waals surface area contributed by atoms with Gasteiger partial charge in [0.25, 0.3) is 5.91 Å². The fourth-order valence-corrected chi connectivity index (χ4v) is 5.09. The van der Waals surface area contributed by atoms with Gasteiger partial charge in [0.05, 0.1) is 11.1 Å². The molecule has 3 heterocycles. The van der Waals surface area contributed by atoms with E-state index < -0.39 is 12.0 Å². The minimum absolute atomic E-state index is 0.0160. The Bertz CT molecular complexity index is 1280. The number of aromatic nitrogens is 1. The van der Waals surface area contributed by atoms with Gasteiger partial charge in [-0.2, -0.15) is 0 Å². The Kier molecular flexibility index (Phi) is 6.93. The number of nitrogens with one attached hydrogen (secondary N) is 2. The third-order valence-electron chi connectivity index (χ3n) is 6.94. The third-order valence-corrected chi connectivity index (χ3v) is 7.16. The number of halogens is 1. The molecule has 2 aromatic heterocycles. The first kappa shape index (κ1) is 24.3. The third kappa shape index (κ3) is 5.08.